The predicted molar refractivity (Wildman–Crippen MR) is 76.5 cm³/mol. The van der Waals surface area contributed by atoms with Crippen molar-refractivity contribution in [3.63, 3.8) is 0 Å². The number of hydrogen-bond acceptors (Lipinski definition) is 1. The molecule has 0 spiro atoms. The first kappa shape index (κ1) is 13.2. The van der Waals surface area contributed by atoms with E-state index in [1.807, 2.05) is 38.1 Å². The van der Waals surface area contributed by atoms with Crippen LogP contribution < -0.4 is 5.59 Å². The minimum atomic E-state index is 0.520. The third kappa shape index (κ3) is 3.32. The molecule has 2 radical (unpaired) electrons. The Kier molecular flexibility index (Phi) is 4.71. The summed E-state index contributed by atoms with van der Waals surface area (Å²) in [7, 11) is 5.73. The van der Waals surface area contributed by atoms with Crippen LogP contribution in [-0.2, 0) is 0 Å². The van der Waals surface area contributed by atoms with E-state index in [9.17, 15) is 0 Å². The summed E-state index contributed by atoms with van der Waals surface area (Å²) in [5, 5.41) is 0. The highest BCUT2D eigenvalue weighted by Crippen LogP contribution is 2.21. The van der Waals surface area contributed by atoms with Gasteiger partial charge in [-0.05, 0) is 30.6 Å². The van der Waals surface area contributed by atoms with Crippen molar-refractivity contribution in [2.45, 2.75) is 13.8 Å². The zero-order valence-corrected chi connectivity index (χ0v) is 10.4. The number of hydrogen-bond donors (Lipinski definition) is 0. The van der Waals surface area contributed by atoms with Gasteiger partial charge >= 0.3 is 0 Å². The van der Waals surface area contributed by atoms with E-state index >= 15 is 0 Å². The standard InChI is InChI=1S/C15H16BN/c1-5-7-8-13(11(3)6-2)15-12(4)9-10-14(16)17-15/h5-10H,1-2H2,3-4H3/b8-7-,13-11-. The van der Waals surface area contributed by atoms with E-state index in [1.165, 1.54) is 0 Å². The molecule has 0 saturated heterocycles. The van der Waals surface area contributed by atoms with Gasteiger partial charge in [-0.3, -0.25) is 4.98 Å². The molecule has 0 amide bonds. The lowest BCUT2D eigenvalue weighted by molar-refractivity contribution is 1.25. The van der Waals surface area contributed by atoms with Crippen molar-refractivity contribution in [2.75, 3.05) is 0 Å². The molecule has 1 nitrogen and oxygen atoms in total. The van der Waals surface area contributed by atoms with Crippen LogP contribution in [0.15, 0.2) is 55.2 Å². The fourth-order valence-corrected chi connectivity index (χ4v) is 1.49. The molecule has 17 heavy (non-hydrogen) atoms. The molecule has 1 heterocycles. The third-order valence-corrected chi connectivity index (χ3v) is 2.50. The summed E-state index contributed by atoms with van der Waals surface area (Å²) >= 11 is 0. The van der Waals surface area contributed by atoms with Crippen molar-refractivity contribution in [3.8, 4) is 0 Å². The van der Waals surface area contributed by atoms with Gasteiger partial charge in [0.15, 0.2) is 0 Å². The summed E-state index contributed by atoms with van der Waals surface area (Å²) in [6.07, 6.45) is 7.40. The van der Waals surface area contributed by atoms with E-state index in [0.29, 0.717) is 5.59 Å². The molecule has 1 aromatic heterocycles. The molecule has 0 aromatic carbocycles. The molecule has 1 aromatic rings. The van der Waals surface area contributed by atoms with Gasteiger partial charge in [-0.25, -0.2) is 0 Å². The second-order valence-electron chi connectivity index (χ2n) is 3.80. The number of rotatable bonds is 4. The Labute approximate surface area is 105 Å². The van der Waals surface area contributed by atoms with Crippen LogP contribution in [0.3, 0.4) is 0 Å². The summed E-state index contributed by atoms with van der Waals surface area (Å²) in [4.78, 5) is 4.38. The molecule has 0 fully saturated rings. The molecule has 0 atom stereocenters. The highest BCUT2D eigenvalue weighted by Gasteiger charge is 2.06. The van der Waals surface area contributed by atoms with Gasteiger partial charge in [-0.1, -0.05) is 49.6 Å². The quantitative estimate of drug-likeness (QED) is 0.562. The summed E-state index contributed by atoms with van der Waals surface area (Å²) < 4.78 is 0. The largest absolute Gasteiger partial charge is 0.264 e. The molecular weight excluding hydrogens is 205 g/mol. The number of aryl methyl sites for hydroxylation is 1. The second-order valence-corrected chi connectivity index (χ2v) is 3.80. The topological polar surface area (TPSA) is 12.9 Å². The van der Waals surface area contributed by atoms with E-state index in [4.69, 9.17) is 7.85 Å². The molecule has 84 valence electrons. The summed E-state index contributed by atoms with van der Waals surface area (Å²) in [6, 6.07) is 3.77. The molecule has 0 saturated carbocycles. The van der Waals surface area contributed by atoms with Crippen LogP contribution >= 0.6 is 0 Å². The highest BCUT2D eigenvalue weighted by atomic mass is 14.7. The maximum absolute atomic E-state index is 5.73. The minimum Gasteiger partial charge on any atom is -0.264 e. The first-order valence-corrected chi connectivity index (χ1v) is 5.46. The summed E-state index contributed by atoms with van der Waals surface area (Å²) in [5.41, 5.74) is 4.57. The van der Waals surface area contributed by atoms with Crippen LogP contribution in [-0.4, -0.2) is 12.8 Å². The minimum absolute atomic E-state index is 0.520. The monoisotopic (exact) mass is 221 g/mol. The Hall–Kier alpha value is -1.83. The van der Waals surface area contributed by atoms with Gasteiger partial charge in [0.2, 0.25) is 0 Å². The van der Waals surface area contributed by atoms with E-state index in [0.717, 1.165) is 22.4 Å². The molecule has 0 aliphatic heterocycles. The SMILES string of the molecule is [B]c1ccc(C)c(C(/C=C\C=C)=C(/C)C=C)n1. The Bertz CT molecular complexity index is 496. The average molecular weight is 221 g/mol. The van der Waals surface area contributed by atoms with Crippen LogP contribution in [0.4, 0.5) is 0 Å². The number of pyridine rings is 1. The van der Waals surface area contributed by atoms with Gasteiger partial charge in [0.1, 0.15) is 7.85 Å². The van der Waals surface area contributed by atoms with Gasteiger partial charge in [0.05, 0.1) is 5.69 Å². The smallest absolute Gasteiger partial charge is 0.141 e. The number of aromatic nitrogens is 1. The Balaban J connectivity index is 3.42. The van der Waals surface area contributed by atoms with Crippen molar-refractivity contribution in [1.82, 2.24) is 4.98 Å². The lowest BCUT2D eigenvalue weighted by Gasteiger charge is -2.09. The van der Waals surface area contributed by atoms with E-state index < -0.39 is 0 Å². The van der Waals surface area contributed by atoms with Crippen LogP contribution in [0, 0.1) is 6.92 Å². The van der Waals surface area contributed by atoms with E-state index in [2.05, 4.69) is 18.1 Å². The highest BCUT2D eigenvalue weighted by molar-refractivity contribution is 6.30. The normalized spacial score (nSPS) is 12.4. The molecule has 0 unspecified atom stereocenters. The Morgan fingerprint density at radius 3 is 2.65 bits per heavy atom. The average Bonchev–Trinajstić information content (AvgIpc) is 2.33. The van der Waals surface area contributed by atoms with Gasteiger partial charge < -0.3 is 0 Å². The summed E-state index contributed by atoms with van der Waals surface area (Å²) in [6.45, 7) is 11.5. The van der Waals surface area contributed by atoms with Crippen LogP contribution in [0.1, 0.15) is 18.2 Å². The van der Waals surface area contributed by atoms with Gasteiger partial charge in [-0.15, -0.1) is 0 Å². The fourth-order valence-electron chi connectivity index (χ4n) is 1.49. The van der Waals surface area contributed by atoms with Gasteiger partial charge in [0, 0.05) is 5.57 Å². The molecule has 0 aliphatic carbocycles. The van der Waals surface area contributed by atoms with Crippen LogP contribution in [0.2, 0.25) is 0 Å². The lowest BCUT2D eigenvalue weighted by Crippen LogP contribution is -2.11. The molecule has 0 bridgehead atoms. The molecule has 0 aliphatic rings. The van der Waals surface area contributed by atoms with Crippen LogP contribution in [0.5, 0.6) is 0 Å². The van der Waals surface area contributed by atoms with Gasteiger partial charge in [-0.2, -0.15) is 0 Å². The predicted octanol–water partition coefficient (Wildman–Crippen LogP) is 2.89. The second kappa shape index (κ2) is 6.04. The number of allylic oxidation sites excluding steroid dienone is 6. The molecule has 2 heteroatoms. The Morgan fingerprint density at radius 1 is 1.35 bits per heavy atom. The lowest BCUT2D eigenvalue weighted by atomic mass is 9.97. The van der Waals surface area contributed by atoms with E-state index in [-0.39, 0.29) is 0 Å². The molecule has 1 rings (SSSR count). The summed E-state index contributed by atoms with van der Waals surface area (Å²) in [5.74, 6) is 0. The third-order valence-electron chi connectivity index (χ3n) is 2.50. The van der Waals surface area contributed by atoms with Crippen molar-refractivity contribution < 1.29 is 0 Å². The van der Waals surface area contributed by atoms with E-state index in [1.54, 1.807) is 12.1 Å². The fraction of sp³-hybridized carbons (Fsp3) is 0.133. The molecular formula is C15H16BN. The van der Waals surface area contributed by atoms with Crippen LogP contribution in [0.25, 0.3) is 5.57 Å². The van der Waals surface area contributed by atoms with Crippen molar-refractivity contribution in [1.29, 1.82) is 0 Å². The zero-order chi connectivity index (χ0) is 12.8. The maximum atomic E-state index is 5.73. The molecule has 0 N–H and O–H groups in total. The van der Waals surface area contributed by atoms with Crippen molar-refractivity contribution in [2.24, 2.45) is 0 Å². The maximum Gasteiger partial charge on any atom is 0.141 e. The van der Waals surface area contributed by atoms with Crippen molar-refractivity contribution in [3.05, 3.63) is 66.4 Å². The van der Waals surface area contributed by atoms with Crippen molar-refractivity contribution >= 4 is 19.0 Å². The Morgan fingerprint density at radius 2 is 2.06 bits per heavy atom. The first-order valence-electron chi connectivity index (χ1n) is 5.46. The zero-order valence-electron chi connectivity index (χ0n) is 10.4. The van der Waals surface area contributed by atoms with Gasteiger partial charge in [0.25, 0.3) is 0 Å². The number of nitrogens with zero attached hydrogens (tertiary/aromatic N) is 1. The first-order chi connectivity index (χ1) is 8.10.